The Bertz CT molecular complexity index is 288. The highest BCUT2D eigenvalue weighted by Crippen LogP contribution is 2.14. The number of ether oxygens (including phenoxy) is 1. The molecule has 1 rings (SSSR count). The van der Waals surface area contributed by atoms with Crippen LogP contribution in [-0.4, -0.2) is 34.9 Å². The lowest BCUT2D eigenvalue weighted by molar-refractivity contribution is 0.0693. The number of carboxylic acids is 1. The van der Waals surface area contributed by atoms with Crippen molar-refractivity contribution in [1.29, 1.82) is 0 Å². The Morgan fingerprint density at radius 3 is 2.57 bits per heavy atom. The van der Waals surface area contributed by atoms with Gasteiger partial charge >= 0.3 is 5.97 Å². The number of carbonyl (C=O) groups is 1. The number of aromatic nitrogens is 1. The van der Waals surface area contributed by atoms with Crippen LogP contribution in [0.5, 0.6) is 5.75 Å². The second-order valence-corrected chi connectivity index (χ2v) is 2.20. The summed E-state index contributed by atoms with van der Waals surface area (Å²) in [5.41, 5.74) is 0.127. The van der Waals surface area contributed by atoms with Crippen LogP contribution in [0, 0.1) is 0 Å². The van der Waals surface area contributed by atoms with E-state index in [2.05, 4.69) is 4.98 Å². The predicted molar refractivity (Wildman–Crippen MR) is 50.5 cm³/mol. The Kier molecular flexibility index (Phi) is 6.06. The Morgan fingerprint density at radius 2 is 2.21 bits per heavy atom. The van der Waals surface area contributed by atoms with E-state index in [9.17, 15) is 4.79 Å². The molecule has 78 valence electrons. The molecule has 0 saturated carbocycles. The summed E-state index contributed by atoms with van der Waals surface area (Å²) in [6.07, 6.45) is 2.77. The number of carboxylic acid groups (broad SMARTS) is 1. The second-order valence-electron chi connectivity index (χ2n) is 2.20. The maximum absolute atomic E-state index is 10.5. The molecule has 0 radical (unpaired) electrons. The zero-order valence-electron chi connectivity index (χ0n) is 8.10. The first kappa shape index (κ1) is 12.4. The maximum Gasteiger partial charge on any atom is 0.339 e. The van der Waals surface area contributed by atoms with E-state index in [0.717, 1.165) is 0 Å². The first-order valence-electron chi connectivity index (χ1n) is 3.99. The SMILES string of the molecule is CCO.COc1cnccc1C(=O)O. The van der Waals surface area contributed by atoms with Gasteiger partial charge in [-0.25, -0.2) is 4.79 Å². The molecule has 0 aromatic carbocycles. The van der Waals surface area contributed by atoms with Crippen molar-refractivity contribution in [3.8, 4) is 5.75 Å². The van der Waals surface area contributed by atoms with Crippen LogP contribution in [0.2, 0.25) is 0 Å². The topological polar surface area (TPSA) is 79.7 Å². The summed E-state index contributed by atoms with van der Waals surface area (Å²) < 4.78 is 4.76. The van der Waals surface area contributed by atoms with Crippen LogP contribution < -0.4 is 4.74 Å². The lowest BCUT2D eigenvalue weighted by Gasteiger charge is -2.01. The minimum atomic E-state index is -1.01. The van der Waals surface area contributed by atoms with Crippen molar-refractivity contribution in [2.75, 3.05) is 13.7 Å². The molecule has 0 aliphatic heterocycles. The van der Waals surface area contributed by atoms with Crippen LogP contribution in [0.25, 0.3) is 0 Å². The minimum Gasteiger partial charge on any atom is -0.494 e. The van der Waals surface area contributed by atoms with E-state index in [4.69, 9.17) is 14.9 Å². The van der Waals surface area contributed by atoms with Gasteiger partial charge in [0.15, 0.2) is 5.75 Å². The van der Waals surface area contributed by atoms with Crippen LogP contribution in [0.3, 0.4) is 0 Å². The summed E-state index contributed by atoms with van der Waals surface area (Å²) in [4.78, 5) is 14.2. The minimum absolute atomic E-state index is 0.127. The normalized spacial score (nSPS) is 8.50. The maximum atomic E-state index is 10.5. The van der Waals surface area contributed by atoms with Crippen LogP contribution in [0.1, 0.15) is 17.3 Å². The van der Waals surface area contributed by atoms with E-state index >= 15 is 0 Å². The van der Waals surface area contributed by atoms with E-state index < -0.39 is 5.97 Å². The van der Waals surface area contributed by atoms with Crippen LogP contribution in [0.4, 0.5) is 0 Å². The number of hydrogen-bond acceptors (Lipinski definition) is 4. The third-order valence-corrected chi connectivity index (χ3v) is 1.23. The molecule has 0 atom stereocenters. The molecule has 0 bridgehead atoms. The van der Waals surface area contributed by atoms with Gasteiger partial charge in [-0.3, -0.25) is 4.98 Å². The Balaban J connectivity index is 0.000000500. The highest BCUT2D eigenvalue weighted by Gasteiger charge is 2.08. The van der Waals surface area contributed by atoms with E-state index in [1.165, 1.54) is 25.6 Å². The van der Waals surface area contributed by atoms with Crippen LogP contribution >= 0.6 is 0 Å². The quantitative estimate of drug-likeness (QED) is 0.736. The monoisotopic (exact) mass is 199 g/mol. The van der Waals surface area contributed by atoms with Gasteiger partial charge in [-0.1, -0.05) is 0 Å². The van der Waals surface area contributed by atoms with E-state index in [1.54, 1.807) is 6.92 Å². The fourth-order valence-electron chi connectivity index (χ4n) is 0.719. The van der Waals surface area contributed by atoms with Gasteiger partial charge in [0.2, 0.25) is 0 Å². The summed E-state index contributed by atoms with van der Waals surface area (Å²) in [6, 6.07) is 1.39. The molecule has 1 aromatic heterocycles. The van der Waals surface area contributed by atoms with Crippen molar-refractivity contribution in [1.82, 2.24) is 4.98 Å². The highest BCUT2D eigenvalue weighted by molar-refractivity contribution is 5.90. The van der Waals surface area contributed by atoms with Crippen molar-refractivity contribution in [3.63, 3.8) is 0 Å². The summed E-state index contributed by atoms with van der Waals surface area (Å²) in [7, 11) is 1.41. The Labute approximate surface area is 82.0 Å². The standard InChI is InChI=1S/C7H7NO3.C2H6O/c1-11-6-4-8-3-2-5(6)7(9)10;1-2-3/h2-4H,1H3,(H,9,10);3H,2H2,1H3. The molecule has 0 spiro atoms. The Morgan fingerprint density at radius 1 is 1.64 bits per heavy atom. The van der Waals surface area contributed by atoms with Crippen molar-refractivity contribution in [3.05, 3.63) is 24.0 Å². The molecule has 0 saturated heterocycles. The smallest absolute Gasteiger partial charge is 0.339 e. The van der Waals surface area contributed by atoms with Gasteiger partial charge in [-0.05, 0) is 13.0 Å². The van der Waals surface area contributed by atoms with Crippen molar-refractivity contribution < 1.29 is 19.7 Å². The molecular weight excluding hydrogens is 186 g/mol. The van der Waals surface area contributed by atoms with Gasteiger partial charge in [-0.15, -0.1) is 0 Å². The summed E-state index contributed by atoms with van der Waals surface area (Å²) >= 11 is 0. The zero-order valence-corrected chi connectivity index (χ0v) is 8.10. The number of methoxy groups -OCH3 is 1. The molecule has 0 fully saturated rings. The fourth-order valence-corrected chi connectivity index (χ4v) is 0.719. The molecule has 0 aliphatic rings. The summed E-state index contributed by atoms with van der Waals surface area (Å²) in [5, 5.41) is 16.2. The molecule has 0 amide bonds. The molecule has 0 unspecified atom stereocenters. The number of rotatable bonds is 2. The van der Waals surface area contributed by atoms with Gasteiger partial charge in [0.1, 0.15) is 5.56 Å². The van der Waals surface area contributed by atoms with E-state index in [1.807, 2.05) is 0 Å². The van der Waals surface area contributed by atoms with E-state index in [-0.39, 0.29) is 17.9 Å². The van der Waals surface area contributed by atoms with Crippen LogP contribution in [-0.2, 0) is 0 Å². The number of aliphatic hydroxyl groups excluding tert-OH is 1. The van der Waals surface area contributed by atoms with Crippen molar-refractivity contribution >= 4 is 5.97 Å². The Hall–Kier alpha value is -1.62. The van der Waals surface area contributed by atoms with Crippen LogP contribution in [0.15, 0.2) is 18.5 Å². The molecule has 1 heterocycles. The third-order valence-electron chi connectivity index (χ3n) is 1.23. The largest absolute Gasteiger partial charge is 0.494 e. The van der Waals surface area contributed by atoms with Gasteiger partial charge in [0.25, 0.3) is 0 Å². The summed E-state index contributed by atoms with van der Waals surface area (Å²) in [6.45, 7) is 1.93. The third kappa shape index (κ3) is 3.86. The molecular formula is C9H13NO4. The number of nitrogens with zero attached hydrogens (tertiary/aromatic N) is 1. The number of aliphatic hydroxyl groups is 1. The molecule has 1 aromatic rings. The van der Waals surface area contributed by atoms with E-state index in [0.29, 0.717) is 0 Å². The highest BCUT2D eigenvalue weighted by atomic mass is 16.5. The van der Waals surface area contributed by atoms with Gasteiger partial charge in [0.05, 0.1) is 13.3 Å². The number of hydrogen-bond donors (Lipinski definition) is 2. The lowest BCUT2D eigenvalue weighted by Crippen LogP contribution is -2.00. The second kappa shape index (κ2) is 6.85. The molecule has 2 N–H and O–H groups in total. The van der Waals surface area contributed by atoms with Gasteiger partial charge < -0.3 is 14.9 Å². The average Bonchev–Trinajstić information content (AvgIpc) is 2.19. The van der Waals surface area contributed by atoms with Gasteiger partial charge in [-0.2, -0.15) is 0 Å². The first-order chi connectivity index (χ1) is 6.67. The molecule has 0 aliphatic carbocycles. The first-order valence-corrected chi connectivity index (χ1v) is 3.99. The number of aromatic carboxylic acids is 1. The average molecular weight is 199 g/mol. The van der Waals surface area contributed by atoms with Gasteiger partial charge in [0, 0.05) is 12.8 Å². The predicted octanol–water partition coefficient (Wildman–Crippen LogP) is 0.787. The number of pyridine rings is 1. The summed E-state index contributed by atoms with van der Waals surface area (Å²) in [5.74, 6) is -0.732. The molecule has 5 nitrogen and oxygen atoms in total. The van der Waals surface area contributed by atoms with Crippen molar-refractivity contribution in [2.45, 2.75) is 6.92 Å². The van der Waals surface area contributed by atoms with Crippen molar-refractivity contribution in [2.24, 2.45) is 0 Å². The molecule has 5 heteroatoms. The molecule has 14 heavy (non-hydrogen) atoms. The lowest BCUT2D eigenvalue weighted by atomic mass is 10.2. The zero-order chi connectivity index (χ0) is 11.0. The fraction of sp³-hybridized carbons (Fsp3) is 0.333.